The fourth-order valence-corrected chi connectivity index (χ4v) is 3.86. The standard InChI is InChI=1S/C12H17NO3S2/c1-5-17-12-7(11(15)16-4)8(13)10(18-12)9(14)6(2)3/h6H,5,13H2,1-4H3. The number of carbonyl (C=O) groups is 2. The third-order valence-electron chi connectivity index (χ3n) is 2.33. The Hall–Kier alpha value is -1.01. The number of hydrogen-bond donors (Lipinski definition) is 1. The van der Waals surface area contributed by atoms with Gasteiger partial charge in [0, 0.05) is 5.92 Å². The number of rotatable bonds is 5. The average Bonchev–Trinajstić information content (AvgIpc) is 2.65. The predicted octanol–water partition coefficient (Wildman–Crippen LogP) is 3.07. The van der Waals surface area contributed by atoms with Crippen LogP contribution in [0.5, 0.6) is 0 Å². The fraction of sp³-hybridized carbons (Fsp3) is 0.500. The first-order valence-electron chi connectivity index (χ1n) is 5.61. The highest BCUT2D eigenvalue weighted by molar-refractivity contribution is 8.01. The topological polar surface area (TPSA) is 69.4 Å². The Labute approximate surface area is 115 Å². The van der Waals surface area contributed by atoms with E-state index in [1.54, 1.807) is 0 Å². The minimum Gasteiger partial charge on any atom is -0.465 e. The molecule has 0 saturated carbocycles. The van der Waals surface area contributed by atoms with Crippen molar-refractivity contribution in [3.63, 3.8) is 0 Å². The van der Waals surface area contributed by atoms with E-state index in [9.17, 15) is 9.59 Å². The molecular weight excluding hydrogens is 270 g/mol. The minimum atomic E-state index is -0.484. The molecule has 1 heterocycles. The minimum absolute atomic E-state index is 0.0365. The van der Waals surface area contributed by atoms with E-state index in [-0.39, 0.29) is 17.4 Å². The van der Waals surface area contributed by atoms with Crippen LogP contribution in [0, 0.1) is 5.92 Å². The highest BCUT2D eigenvalue weighted by Crippen LogP contribution is 2.39. The number of esters is 1. The lowest BCUT2D eigenvalue weighted by Gasteiger charge is -2.03. The molecule has 0 aliphatic carbocycles. The zero-order chi connectivity index (χ0) is 13.9. The average molecular weight is 287 g/mol. The Balaban J connectivity index is 3.32. The van der Waals surface area contributed by atoms with Gasteiger partial charge in [-0.2, -0.15) is 0 Å². The van der Waals surface area contributed by atoms with Crippen LogP contribution in [-0.4, -0.2) is 24.6 Å². The highest BCUT2D eigenvalue weighted by Gasteiger charge is 2.26. The number of hydrogen-bond acceptors (Lipinski definition) is 6. The summed E-state index contributed by atoms with van der Waals surface area (Å²) < 4.78 is 5.48. The Morgan fingerprint density at radius 1 is 1.44 bits per heavy atom. The van der Waals surface area contributed by atoms with E-state index >= 15 is 0 Å². The smallest absolute Gasteiger partial charge is 0.342 e. The second kappa shape index (κ2) is 6.24. The molecule has 1 aromatic rings. The van der Waals surface area contributed by atoms with Gasteiger partial charge in [-0.25, -0.2) is 4.79 Å². The van der Waals surface area contributed by atoms with E-state index in [0.717, 1.165) is 9.96 Å². The summed E-state index contributed by atoms with van der Waals surface area (Å²) in [6.07, 6.45) is 0. The number of nitrogen functional groups attached to an aromatic ring is 1. The Bertz CT molecular complexity index is 466. The summed E-state index contributed by atoms with van der Waals surface area (Å²) >= 11 is 2.77. The third kappa shape index (κ3) is 2.87. The van der Waals surface area contributed by atoms with Crippen molar-refractivity contribution in [3.8, 4) is 0 Å². The van der Waals surface area contributed by atoms with Gasteiger partial charge in [-0.05, 0) is 5.75 Å². The summed E-state index contributed by atoms with van der Waals surface area (Å²) in [4.78, 5) is 24.2. The molecule has 0 fully saturated rings. The van der Waals surface area contributed by atoms with Crippen molar-refractivity contribution in [2.75, 3.05) is 18.6 Å². The lowest BCUT2D eigenvalue weighted by molar-refractivity contribution is 0.0599. The van der Waals surface area contributed by atoms with Crippen molar-refractivity contribution < 1.29 is 14.3 Å². The zero-order valence-electron chi connectivity index (χ0n) is 10.9. The Morgan fingerprint density at radius 2 is 2.06 bits per heavy atom. The van der Waals surface area contributed by atoms with Crippen LogP contribution in [0.2, 0.25) is 0 Å². The van der Waals surface area contributed by atoms with Crippen molar-refractivity contribution in [1.29, 1.82) is 0 Å². The Morgan fingerprint density at radius 3 is 2.50 bits per heavy atom. The fourth-order valence-electron chi connectivity index (χ4n) is 1.40. The zero-order valence-corrected chi connectivity index (χ0v) is 12.5. The first-order chi connectivity index (χ1) is 8.43. The van der Waals surface area contributed by atoms with Gasteiger partial charge in [-0.1, -0.05) is 20.8 Å². The van der Waals surface area contributed by atoms with Crippen LogP contribution in [-0.2, 0) is 4.74 Å². The number of carbonyl (C=O) groups excluding carboxylic acids is 2. The van der Waals surface area contributed by atoms with Gasteiger partial charge in [0.15, 0.2) is 5.78 Å². The van der Waals surface area contributed by atoms with Crippen LogP contribution >= 0.6 is 23.1 Å². The van der Waals surface area contributed by atoms with Crippen LogP contribution < -0.4 is 5.73 Å². The molecule has 18 heavy (non-hydrogen) atoms. The van der Waals surface area contributed by atoms with Crippen molar-refractivity contribution in [2.24, 2.45) is 5.92 Å². The molecule has 0 atom stereocenters. The van der Waals surface area contributed by atoms with Crippen LogP contribution in [0.3, 0.4) is 0 Å². The maximum absolute atomic E-state index is 12.0. The number of nitrogens with two attached hydrogens (primary N) is 1. The van der Waals surface area contributed by atoms with Gasteiger partial charge in [0.25, 0.3) is 0 Å². The van der Waals surface area contributed by atoms with Crippen LogP contribution in [0.25, 0.3) is 0 Å². The predicted molar refractivity (Wildman–Crippen MR) is 75.6 cm³/mol. The molecule has 0 aliphatic heterocycles. The number of thiophene rings is 1. The lowest BCUT2D eigenvalue weighted by atomic mass is 10.1. The number of thioether (sulfide) groups is 1. The number of ketones is 1. The molecule has 100 valence electrons. The van der Waals surface area contributed by atoms with Crippen LogP contribution in [0.1, 0.15) is 40.8 Å². The molecule has 0 saturated heterocycles. The van der Waals surface area contributed by atoms with E-state index in [1.165, 1.54) is 30.2 Å². The van der Waals surface area contributed by atoms with Crippen molar-refractivity contribution >= 4 is 40.5 Å². The molecule has 0 aliphatic rings. The third-order valence-corrected chi connectivity index (χ3v) is 4.70. The molecule has 1 aromatic heterocycles. The van der Waals surface area contributed by atoms with E-state index in [1.807, 2.05) is 20.8 Å². The number of Topliss-reactive ketones (excluding diaryl/α,β-unsaturated/α-hetero) is 1. The van der Waals surface area contributed by atoms with E-state index in [2.05, 4.69) is 0 Å². The second-order valence-electron chi connectivity index (χ2n) is 3.95. The quantitative estimate of drug-likeness (QED) is 0.512. The summed E-state index contributed by atoms with van der Waals surface area (Å²) in [7, 11) is 1.31. The molecule has 4 nitrogen and oxygen atoms in total. The summed E-state index contributed by atoms with van der Waals surface area (Å²) in [6.45, 7) is 5.60. The molecule has 2 N–H and O–H groups in total. The molecular formula is C12H17NO3S2. The number of ether oxygens (including phenoxy) is 1. The van der Waals surface area contributed by atoms with Gasteiger partial charge in [0.2, 0.25) is 0 Å². The second-order valence-corrected chi connectivity index (χ2v) is 6.50. The molecule has 1 rings (SSSR count). The molecule has 0 spiro atoms. The van der Waals surface area contributed by atoms with Crippen LogP contribution in [0.15, 0.2) is 4.21 Å². The van der Waals surface area contributed by atoms with Gasteiger partial charge < -0.3 is 10.5 Å². The largest absolute Gasteiger partial charge is 0.465 e. The molecule has 0 aromatic carbocycles. The first-order valence-corrected chi connectivity index (χ1v) is 7.41. The maximum atomic E-state index is 12.0. The summed E-state index contributed by atoms with van der Waals surface area (Å²) in [5, 5.41) is 0. The van der Waals surface area contributed by atoms with Crippen molar-refractivity contribution in [1.82, 2.24) is 0 Å². The van der Waals surface area contributed by atoms with Gasteiger partial charge in [0.1, 0.15) is 5.56 Å². The molecule has 0 amide bonds. The maximum Gasteiger partial charge on any atom is 0.342 e. The molecule has 0 radical (unpaired) electrons. The van der Waals surface area contributed by atoms with Crippen LogP contribution in [0.4, 0.5) is 5.69 Å². The van der Waals surface area contributed by atoms with Gasteiger partial charge >= 0.3 is 5.97 Å². The number of methoxy groups -OCH3 is 1. The van der Waals surface area contributed by atoms with E-state index in [0.29, 0.717) is 10.4 Å². The SMILES string of the molecule is CCSc1sc(C(=O)C(C)C)c(N)c1C(=O)OC. The normalized spacial score (nSPS) is 10.7. The summed E-state index contributed by atoms with van der Waals surface area (Å²) in [6, 6.07) is 0. The molecule has 0 bridgehead atoms. The summed E-state index contributed by atoms with van der Waals surface area (Å²) in [5.41, 5.74) is 6.51. The van der Waals surface area contributed by atoms with Gasteiger partial charge in [-0.3, -0.25) is 4.79 Å². The summed E-state index contributed by atoms with van der Waals surface area (Å²) in [5.74, 6) is 0.142. The van der Waals surface area contributed by atoms with Crippen molar-refractivity contribution in [3.05, 3.63) is 10.4 Å². The molecule has 6 heteroatoms. The van der Waals surface area contributed by atoms with E-state index in [4.69, 9.17) is 10.5 Å². The van der Waals surface area contributed by atoms with Gasteiger partial charge in [-0.15, -0.1) is 23.1 Å². The number of anilines is 1. The van der Waals surface area contributed by atoms with Gasteiger partial charge in [0.05, 0.1) is 21.9 Å². The lowest BCUT2D eigenvalue weighted by Crippen LogP contribution is -2.10. The molecule has 0 unspecified atom stereocenters. The Kier molecular flexibility index (Phi) is 5.22. The monoisotopic (exact) mass is 287 g/mol. The van der Waals surface area contributed by atoms with E-state index < -0.39 is 5.97 Å². The first kappa shape index (κ1) is 15.0. The highest BCUT2D eigenvalue weighted by atomic mass is 32.2. The van der Waals surface area contributed by atoms with Crippen molar-refractivity contribution in [2.45, 2.75) is 25.0 Å².